The monoisotopic (exact) mass is 430 g/mol. The second-order valence-electron chi connectivity index (χ2n) is 6.42. The van der Waals surface area contributed by atoms with Gasteiger partial charge in [0.25, 0.3) is 6.47 Å². The van der Waals surface area contributed by atoms with Crippen LogP contribution in [0.3, 0.4) is 0 Å². The molecule has 0 heterocycles. The number of carbonyl (C=O) groups excluding carboxylic acids is 6. The third-order valence-electron chi connectivity index (χ3n) is 3.33. The van der Waals surface area contributed by atoms with E-state index in [1.165, 1.54) is 13.8 Å². The fourth-order valence-corrected chi connectivity index (χ4v) is 2.17. The van der Waals surface area contributed by atoms with E-state index < -0.39 is 72.3 Å². The summed E-state index contributed by atoms with van der Waals surface area (Å²) < 4.78 is 24.9. The first-order valence-electron chi connectivity index (χ1n) is 8.91. The summed E-state index contributed by atoms with van der Waals surface area (Å²) in [6.45, 7) is 6.43. The van der Waals surface area contributed by atoms with E-state index >= 15 is 0 Å². The smallest absolute Gasteiger partial charge is 0.308 e. The van der Waals surface area contributed by atoms with E-state index in [1.807, 2.05) is 0 Å². The molecule has 0 rings (SSSR count). The quantitative estimate of drug-likeness (QED) is 0.142. The molecule has 11 nitrogen and oxygen atoms in total. The lowest BCUT2D eigenvalue weighted by molar-refractivity contribution is -0.160. The Balaban J connectivity index is 6.68. The van der Waals surface area contributed by atoms with Gasteiger partial charge in [0.05, 0.1) is 5.92 Å². The van der Waals surface area contributed by atoms with Crippen LogP contribution in [0.4, 0.5) is 0 Å². The Morgan fingerprint density at radius 2 is 1.37 bits per heavy atom. The van der Waals surface area contributed by atoms with Gasteiger partial charge in [-0.25, -0.2) is 0 Å². The number of esters is 4. The van der Waals surface area contributed by atoms with Gasteiger partial charge in [-0.3, -0.25) is 28.8 Å². The Bertz CT molecular complexity index is 705. The summed E-state index contributed by atoms with van der Waals surface area (Å²) in [6.07, 6.45) is -1.57. The lowest BCUT2D eigenvalue weighted by Gasteiger charge is -2.28. The first-order valence-corrected chi connectivity index (χ1v) is 8.91. The first-order chi connectivity index (χ1) is 13.9. The minimum atomic E-state index is -1.57. The lowest BCUT2D eigenvalue weighted by Crippen LogP contribution is -2.38. The van der Waals surface area contributed by atoms with Crippen molar-refractivity contribution in [1.82, 2.24) is 0 Å². The van der Waals surface area contributed by atoms with Gasteiger partial charge in [-0.2, -0.15) is 0 Å². The van der Waals surface area contributed by atoms with Gasteiger partial charge in [-0.15, -0.1) is 0 Å². The molecule has 2 unspecified atom stereocenters. The third-order valence-corrected chi connectivity index (χ3v) is 3.33. The first kappa shape index (κ1) is 26.8. The molecule has 0 bridgehead atoms. The van der Waals surface area contributed by atoms with E-state index in [0.717, 1.165) is 27.7 Å². The average Bonchev–Trinajstić information content (AvgIpc) is 2.61. The van der Waals surface area contributed by atoms with E-state index in [9.17, 15) is 28.8 Å². The standard InChI is InChI=1S/C19H26O11/c1-10(2)16(25)18(29-13(5)23)19(30-14(6)24)17(28-12(4)22)15(7-26-9-20)8-27-11(3)21/h9-10,15,17H,7-8H2,1-6H3/b19-18+. The molecule has 0 aliphatic carbocycles. The van der Waals surface area contributed by atoms with E-state index in [-0.39, 0.29) is 6.47 Å². The van der Waals surface area contributed by atoms with Crippen LogP contribution in [-0.2, 0) is 52.5 Å². The van der Waals surface area contributed by atoms with Crippen molar-refractivity contribution in [3.8, 4) is 0 Å². The molecule has 168 valence electrons. The molecule has 30 heavy (non-hydrogen) atoms. The van der Waals surface area contributed by atoms with Crippen molar-refractivity contribution in [1.29, 1.82) is 0 Å². The van der Waals surface area contributed by atoms with Crippen molar-refractivity contribution < 1.29 is 52.5 Å². The molecule has 0 saturated carbocycles. The molecule has 0 spiro atoms. The number of carbonyl (C=O) groups is 6. The Kier molecular flexibility index (Phi) is 11.7. The van der Waals surface area contributed by atoms with Crippen LogP contribution in [0.2, 0.25) is 0 Å². The van der Waals surface area contributed by atoms with Crippen molar-refractivity contribution >= 4 is 36.1 Å². The maximum atomic E-state index is 12.7. The van der Waals surface area contributed by atoms with Crippen LogP contribution in [0, 0.1) is 11.8 Å². The highest BCUT2D eigenvalue weighted by molar-refractivity contribution is 5.97. The Hall–Kier alpha value is -3.24. The van der Waals surface area contributed by atoms with Crippen molar-refractivity contribution in [2.24, 2.45) is 11.8 Å². The Labute approximate surface area is 173 Å². The molecule has 0 aromatic heterocycles. The average molecular weight is 430 g/mol. The molecule has 0 amide bonds. The zero-order valence-corrected chi connectivity index (χ0v) is 17.7. The van der Waals surface area contributed by atoms with Crippen molar-refractivity contribution in [2.45, 2.75) is 47.6 Å². The number of allylic oxidation sites excluding steroid dienone is 1. The highest BCUT2D eigenvalue weighted by Gasteiger charge is 2.38. The normalized spacial score (nSPS) is 13.3. The third kappa shape index (κ3) is 9.80. The number of Topliss-reactive ketones (excluding diaryl/α,β-unsaturated/α-hetero) is 1. The lowest BCUT2D eigenvalue weighted by atomic mass is 9.98. The van der Waals surface area contributed by atoms with Crippen molar-refractivity contribution in [3.05, 3.63) is 11.5 Å². The summed E-state index contributed by atoms with van der Waals surface area (Å²) in [6, 6.07) is 0. The molecule has 0 aromatic rings. The molecule has 0 aliphatic heterocycles. The Morgan fingerprint density at radius 1 is 0.800 bits per heavy atom. The van der Waals surface area contributed by atoms with E-state index in [2.05, 4.69) is 0 Å². The highest BCUT2D eigenvalue weighted by atomic mass is 16.6. The largest absolute Gasteiger partial charge is 0.467 e. The summed E-state index contributed by atoms with van der Waals surface area (Å²) in [5.41, 5.74) is 0. The molecule has 0 aromatic carbocycles. The van der Waals surface area contributed by atoms with E-state index in [0.29, 0.717) is 0 Å². The van der Waals surface area contributed by atoms with Gasteiger partial charge in [0, 0.05) is 33.6 Å². The van der Waals surface area contributed by atoms with Gasteiger partial charge < -0.3 is 23.7 Å². The van der Waals surface area contributed by atoms with Crippen LogP contribution in [-0.4, -0.2) is 55.5 Å². The number of ketones is 1. The van der Waals surface area contributed by atoms with Crippen LogP contribution >= 0.6 is 0 Å². The summed E-state index contributed by atoms with van der Waals surface area (Å²) in [5.74, 6) is -7.11. The summed E-state index contributed by atoms with van der Waals surface area (Å²) in [5, 5.41) is 0. The van der Waals surface area contributed by atoms with E-state index in [4.69, 9.17) is 23.7 Å². The molecular formula is C19H26O11. The molecule has 0 N–H and O–H groups in total. The molecule has 0 fully saturated rings. The van der Waals surface area contributed by atoms with Crippen LogP contribution in [0.1, 0.15) is 41.5 Å². The highest BCUT2D eigenvalue weighted by Crippen LogP contribution is 2.26. The Morgan fingerprint density at radius 3 is 1.77 bits per heavy atom. The summed E-state index contributed by atoms with van der Waals surface area (Å²) in [4.78, 5) is 69.5. The minimum absolute atomic E-state index is 0.104. The van der Waals surface area contributed by atoms with Gasteiger partial charge in [-0.1, -0.05) is 13.8 Å². The predicted octanol–water partition coefficient (Wildman–Crippen LogP) is 0.833. The van der Waals surface area contributed by atoms with Crippen LogP contribution in [0.5, 0.6) is 0 Å². The van der Waals surface area contributed by atoms with Crippen LogP contribution in [0.15, 0.2) is 11.5 Å². The van der Waals surface area contributed by atoms with Crippen molar-refractivity contribution in [2.75, 3.05) is 13.2 Å². The summed E-state index contributed by atoms with van der Waals surface area (Å²) >= 11 is 0. The second kappa shape index (κ2) is 13.1. The fraction of sp³-hybridized carbons (Fsp3) is 0.579. The SMILES string of the molecule is CC(=O)OCC(COC=O)C(OC(C)=O)/C(OC(C)=O)=C(\OC(C)=O)C(=O)C(C)C. The molecule has 11 heteroatoms. The topological polar surface area (TPSA) is 149 Å². The maximum absolute atomic E-state index is 12.7. The van der Waals surface area contributed by atoms with E-state index in [1.54, 1.807) is 0 Å². The second-order valence-corrected chi connectivity index (χ2v) is 6.42. The number of rotatable bonds is 12. The van der Waals surface area contributed by atoms with Crippen molar-refractivity contribution in [3.63, 3.8) is 0 Å². The molecule has 2 atom stereocenters. The van der Waals surface area contributed by atoms with Gasteiger partial charge in [0.1, 0.15) is 13.2 Å². The summed E-state index contributed by atoms with van der Waals surface area (Å²) in [7, 11) is 0. The van der Waals surface area contributed by atoms with Gasteiger partial charge >= 0.3 is 23.9 Å². The molecular weight excluding hydrogens is 404 g/mol. The van der Waals surface area contributed by atoms with Crippen LogP contribution in [0.25, 0.3) is 0 Å². The number of hydrogen-bond acceptors (Lipinski definition) is 11. The van der Waals surface area contributed by atoms with Gasteiger partial charge in [-0.05, 0) is 0 Å². The zero-order valence-electron chi connectivity index (χ0n) is 17.7. The zero-order chi connectivity index (χ0) is 23.4. The number of ether oxygens (including phenoxy) is 5. The molecule has 0 aliphatic rings. The molecule has 0 radical (unpaired) electrons. The van der Waals surface area contributed by atoms with Gasteiger partial charge in [0.15, 0.2) is 11.9 Å². The van der Waals surface area contributed by atoms with Crippen LogP contribution < -0.4 is 0 Å². The fourth-order valence-electron chi connectivity index (χ4n) is 2.17. The minimum Gasteiger partial charge on any atom is -0.467 e. The number of hydrogen-bond donors (Lipinski definition) is 0. The molecule has 0 saturated heterocycles. The predicted molar refractivity (Wildman–Crippen MR) is 98.1 cm³/mol. The maximum Gasteiger partial charge on any atom is 0.308 e. The van der Waals surface area contributed by atoms with Gasteiger partial charge in [0.2, 0.25) is 11.5 Å².